The molecule has 1 aromatic carbocycles. The van der Waals surface area contributed by atoms with Gasteiger partial charge in [-0.2, -0.15) is 0 Å². The van der Waals surface area contributed by atoms with E-state index in [1.807, 2.05) is 25.1 Å². The minimum absolute atomic E-state index is 0.111. The first kappa shape index (κ1) is 17.3. The van der Waals surface area contributed by atoms with Crippen LogP contribution in [0.25, 0.3) is 6.08 Å². The summed E-state index contributed by atoms with van der Waals surface area (Å²) in [7, 11) is 1.60. The van der Waals surface area contributed by atoms with E-state index >= 15 is 0 Å². The van der Waals surface area contributed by atoms with Crippen LogP contribution in [0.5, 0.6) is 11.5 Å². The molecule has 1 aliphatic rings. The van der Waals surface area contributed by atoms with Crippen LogP contribution >= 0.6 is 0 Å². The Morgan fingerprint density at radius 2 is 2.04 bits per heavy atom. The molecule has 2 rings (SSSR count). The van der Waals surface area contributed by atoms with Crippen LogP contribution in [0.2, 0.25) is 0 Å². The summed E-state index contributed by atoms with van der Waals surface area (Å²) in [6, 6.07) is 5.71. The molecule has 1 saturated carbocycles. The fourth-order valence-corrected chi connectivity index (χ4v) is 2.71. The number of carbonyl (C=O) groups excluding carboxylic acids is 1. The van der Waals surface area contributed by atoms with Crippen LogP contribution in [-0.2, 0) is 4.79 Å². The van der Waals surface area contributed by atoms with Gasteiger partial charge in [-0.1, -0.05) is 6.07 Å². The third-order valence-corrected chi connectivity index (χ3v) is 3.96. The van der Waals surface area contributed by atoms with Crippen LogP contribution in [0, 0.1) is 0 Å². The van der Waals surface area contributed by atoms with Crippen LogP contribution < -0.4 is 14.8 Å². The highest BCUT2D eigenvalue weighted by atomic mass is 16.5. The number of methoxy groups -OCH3 is 1. The molecule has 2 N–H and O–H groups in total. The third-order valence-electron chi connectivity index (χ3n) is 3.96. The highest BCUT2D eigenvalue weighted by Crippen LogP contribution is 2.28. The van der Waals surface area contributed by atoms with E-state index < -0.39 is 0 Å². The second-order valence-electron chi connectivity index (χ2n) is 5.69. The summed E-state index contributed by atoms with van der Waals surface area (Å²) in [6.07, 6.45) is 6.25. The van der Waals surface area contributed by atoms with Gasteiger partial charge in [0.05, 0.1) is 19.8 Å². The van der Waals surface area contributed by atoms with Crippen molar-refractivity contribution in [3.63, 3.8) is 0 Å². The lowest BCUT2D eigenvalue weighted by atomic mass is 9.93. The molecule has 0 aromatic heterocycles. The SMILES string of the molecule is CCOc1cc(C=CC(=O)NC2CCC(O)CC2)ccc1OC. The van der Waals surface area contributed by atoms with Crippen LogP contribution in [0.3, 0.4) is 0 Å². The first-order chi connectivity index (χ1) is 11.1. The largest absolute Gasteiger partial charge is 0.493 e. The predicted molar refractivity (Wildman–Crippen MR) is 89.6 cm³/mol. The van der Waals surface area contributed by atoms with Gasteiger partial charge in [0.25, 0.3) is 0 Å². The molecule has 0 aliphatic heterocycles. The average molecular weight is 319 g/mol. The van der Waals surface area contributed by atoms with Crippen molar-refractivity contribution in [2.45, 2.75) is 44.8 Å². The lowest BCUT2D eigenvalue weighted by molar-refractivity contribution is -0.117. The van der Waals surface area contributed by atoms with E-state index in [0.717, 1.165) is 31.2 Å². The fraction of sp³-hybridized carbons (Fsp3) is 0.500. The smallest absolute Gasteiger partial charge is 0.244 e. The van der Waals surface area contributed by atoms with E-state index in [-0.39, 0.29) is 18.1 Å². The molecule has 1 aromatic rings. The third kappa shape index (κ3) is 5.28. The number of aliphatic hydroxyl groups excluding tert-OH is 1. The van der Waals surface area contributed by atoms with Crippen molar-refractivity contribution in [1.29, 1.82) is 0 Å². The van der Waals surface area contributed by atoms with Crippen LogP contribution in [0.4, 0.5) is 0 Å². The Hall–Kier alpha value is -2.01. The molecule has 1 amide bonds. The quantitative estimate of drug-likeness (QED) is 0.791. The zero-order chi connectivity index (χ0) is 16.7. The Labute approximate surface area is 137 Å². The normalized spacial score (nSPS) is 21.2. The number of amides is 1. The number of benzene rings is 1. The maximum absolute atomic E-state index is 12.0. The monoisotopic (exact) mass is 319 g/mol. The summed E-state index contributed by atoms with van der Waals surface area (Å²) >= 11 is 0. The highest BCUT2D eigenvalue weighted by molar-refractivity contribution is 5.92. The molecule has 23 heavy (non-hydrogen) atoms. The van der Waals surface area contributed by atoms with Crippen LogP contribution in [0.1, 0.15) is 38.2 Å². The Balaban J connectivity index is 1.93. The van der Waals surface area contributed by atoms with Gasteiger partial charge >= 0.3 is 0 Å². The molecular formula is C18H25NO4. The van der Waals surface area contributed by atoms with Gasteiger partial charge in [-0.05, 0) is 56.4 Å². The standard InChI is InChI=1S/C18H25NO4/c1-3-23-17-12-13(4-10-16(17)22-2)5-11-18(21)19-14-6-8-15(20)9-7-14/h4-5,10-12,14-15,20H,3,6-9H2,1-2H3,(H,19,21). The molecule has 0 saturated heterocycles. The minimum Gasteiger partial charge on any atom is -0.493 e. The second kappa shape index (κ2) is 8.58. The number of ether oxygens (including phenoxy) is 2. The molecule has 0 spiro atoms. The van der Waals surface area contributed by atoms with Crippen molar-refractivity contribution in [2.24, 2.45) is 0 Å². The molecule has 0 heterocycles. The topological polar surface area (TPSA) is 67.8 Å². The lowest BCUT2D eigenvalue weighted by Crippen LogP contribution is -2.37. The van der Waals surface area contributed by atoms with Crippen molar-refractivity contribution in [3.8, 4) is 11.5 Å². The number of hydrogen-bond acceptors (Lipinski definition) is 4. The Bertz CT molecular complexity index is 548. The van der Waals surface area contributed by atoms with Gasteiger partial charge in [0.2, 0.25) is 5.91 Å². The van der Waals surface area contributed by atoms with Gasteiger partial charge < -0.3 is 19.9 Å². The molecule has 0 bridgehead atoms. The molecule has 5 heteroatoms. The van der Waals surface area contributed by atoms with Crippen molar-refractivity contribution in [1.82, 2.24) is 5.32 Å². The number of nitrogens with one attached hydrogen (secondary N) is 1. The van der Waals surface area contributed by atoms with E-state index in [1.54, 1.807) is 13.2 Å². The molecule has 0 unspecified atom stereocenters. The predicted octanol–water partition coefficient (Wildman–Crippen LogP) is 2.53. The van der Waals surface area contributed by atoms with Crippen molar-refractivity contribution in [3.05, 3.63) is 29.8 Å². The first-order valence-electron chi connectivity index (χ1n) is 8.09. The van der Waals surface area contributed by atoms with Gasteiger partial charge in [0.15, 0.2) is 11.5 Å². The van der Waals surface area contributed by atoms with E-state index in [4.69, 9.17) is 9.47 Å². The average Bonchev–Trinajstić information content (AvgIpc) is 2.56. The van der Waals surface area contributed by atoms with Crippen molar-refractivity contribution < 1.29 is 19.4 Å². The minimum atomic E-state index is -0.213. The van der Waals surface area contributed by atoms with Gasteiger partial charge in [-0.25, -0.2) is 0 Å². The van der Waals surface area contributed by atoms with Gasteiger partial charge in [0, 0.05) is 12.1 Å². The Kier molecular flexibility index (Phi) is 6.47. The van der Waals surface area contributed by atoms with E-state index in [1.165, 1.54) is 6.08 Å². The molecule has 0 radical (unpaired) electrons. The second-order valence-corrected chi connectivity index (χ2v) is 5.69. The fourth-order valence-electron chi connectivity index (χ4n) is 2.71. The molecular weight excluding hydrogens is 294 g/mol. The summed E-state index contributed by atoms with van der Waals surface area (Å²) in [5, 5.41) is 12.5. The maximum atomic E-state index is 12.0. The van der Waals surface area contributed by atoms with Gasteiger partial charge in [0.1, 0.15) is 0 Å². The molecule has 1 fully saturated rings. The summed E-state index contributed by atoms with van der Waals surface area (Å²) in [6.45, 7) is 2.47. The summed E-state index contributed by atoms with van der Waals surface area (Å²) in [5.41, 5.74) is 0.878. The molecule has 0 atom stereocenters. The number of rotatable bonds is 6. The Morgan fingerprint density at radius 1 is 1.30 bits per heavy atom. The molecule has 1 aliphatic carbocycles. The summed E-state index contributed by atoms with van der Waals surface area (Å²) in [5.74, 6) is 1.23. The maximum Gasteiger partial charge on any atom is 0.244 e. The van der Waals surface area contributed by atoms with Crippen LogP contribution in [-0.4, -0.2) is 36.9 Å². The van der Waals surface area contributed by atoms with Crippen molar-refractivity contribution in [2.75, 3.05) is 13.7 Å². The number of aliphatic hydroxyl groups is 1. The zero-order valence-corrected chi connectivity index (χ0v) is 13.7. The molecule has 5 nitrogen and oxygen atoms in total. The number of hydrogen-bond donors (Lipinski definition) is 2. The number of carbonyl (C=O) groups is 1. The van der Waals surface area contributed by atoms with E-state index in [9.17, 15) is 9.90 Å². The zero-order valence-electron chi connectivity index (χ0n) is 13.7. The highest BCUT2D eigenvalue weighted by Gasteiger charge is 2.19. The summed E-state index contributed by atoms with van der Waals surface area (Å²) < 4.78 is 10.8. The van der Waals surface area contributed by atoms with Gasteiger partial charge in [-0.15, -0.1) is 0 Å². The van der Waals surface area contributed by atoms with Crippen LogP contribution in [0.15, 0.2) is 24.3 Å². The summed E-state index contributed by atoms with van der Waals surface area (Å²) in [4.78, 5) is 12.0. The first-order valence-corrected chi connectivity index (χ1v) is 8.09. The van der Waals surface area contributed by atoms with Gasteiger partial charge in [-0.3, -0.25) is 4.79 Å². The van der Waals surface area contributed by atoms with E-state index in [0.29, 0.717) is 18.1 Å². The van der Waals surface area contributed by atoms with E-state index in [2.05, 4.69) is 5.32 Å². The molecule has 126 valence electrons. The lowest BCUT2D eigenvalue weighted by Gasteiger charge is -2.25. The Morgan fingerprint density at radius 3 is 2.70 bits per heavy atom. The van der Waals surface area contributed by atoms with Crippen molar-refractivity contribution >= 4 is 12.0 Å².